The molecule has 1 aromatic heterocycles. The molecule has 0 unspecified atom stereocenters. The molecule has 2 aromatic carbocycles. The van der Waals surface area contributed by atoms with E-state index in [-0.39, 0.29) is 5.91 Å². The third-order valence-corrected chi connectivity index (χ3v) is 4.31. The zero-order valence-electron chi connectivity index (χ0n) is 14.9. The van der Waals surface area contributed by atoms with E-state index in [1.807, 2.05) is 72.1 Å². The SMILES string of the molecule is CCN(C(=O)c1ccc(Cn2cccn2)cc1)c1ccc(C)cc1C. The van der Waals surface area contributed by atoms with Gasteiger partial charge in [-0.1, -0.05) is 29.8 Å². The van der Waals surface area contributed by atoms with E-state index in [4.69, 9.17) is 0 Å². The van der Waals surface area contributed by atoms with Gasteiger partial charge in [0.1, 0.15) is 0 Å². The van der Waals surface area contributed by atoms with Gasteiger partial charge in [0.25, 0.3) is 5.91 Å². The lowest BCUT2D eigenvalue weighted by molar-refractivity contribution is 0.0988. The lowest BCUT2D eigenvalue weighted by Gasteiger charge is -2.23. The van der Waals surface area contributed by atoms with Gasteiger partial charge in [0.15, 0.2) is 0 Å². The molecule has 0 spiro atoms. The highest BCUT2D eigenvalue weighted by Crippen LogP contribution is 2.23. The van der Waals surface area contributed by atoms with E-state index >= 15 is 0 Å². The van der Waals surface area contributed by atoms with E-state index < -0.39 is 0 Å². The van der Waals surface area contributed by atoms with Crippen LogP contribution in [-0.2, 0) is 6.54 Å². The Morgan fingerprint density at radius 2 is 1.88 bits per heavy atom. The maximum Gasteiger partial charge on any atom is 0.258 e. The van der Waals surface area contributed by atoms with Crippen LogP contribution < -0.4 is 4.90 Å². The molecule has 0 saturated heterocycles. The van der Waals surface area contributed by atoms with Crippen molar-refractivity contribution in [2.45, 2.75) is 27.3 Å². The molecule has 0 radical (unpaired) electrons. The van der Waals surface area contributed by atoms with Crippen LogP contribution in [0.3, 0.4) is 0 Å². The van der Waals surface area contributed by atoms with Gasteiger partial charge in [-0.25, -0.2) is 0 Å². The molecule has 3 rings (SSSR count). The van der Waals surface area contributed by atoms with Gasteiger partial charge in [-0.2, -0.15) is 5.10 Å². The van der Waals surface area contributed by atoms with E-state index in [0.717, 1.165) is 16.8 Å². The molecule has 3 aromatic rings. The average molecular weight is 333 g/mol. The van der Waals surface area contributed by atoms with Gasteiger partial charge < -0.3 is 4.90 Å². The number of hydrogen-bond donors (Lipinski definition) is 0. The number of nitrogens with zero attached hydrogens (tertiary/aromatic N) is 3. The van der Waals surface area contributed by atoms with Crippen molar-refractivity contribution in [2.24, 2.45) is 0 Å². The fraction of sp³-hybridized carbons (Fsp3) is 0.238. The molecule has 1 heterocycles. The number of anilines is 1. The van der Waals surface area contributed by atoms with Crippen LogP contribution in [0.15, 0.2) is 60.9 Å². The minimum absolute atomic E-state index is 0.0279. The maximum atomic E-state index is 13.0. The normalized spacial score (nSPS) is 10.7. The minimum atomic E-state index is 0.0279. The van der Waals surface area contributed by atoms with Crippen molar-refractivity contribution >= 4 is 11.6 Å². The van der Waals surface area contributed by atoms with Gasteiger partial charge in [-0.3, -0.25) is 9.48 Å². The summed E-state index contributed by atoms with van der Waals surface area (Å²) in [6.45, 7) is 7.45. The second-order valence-electron chi connectivity index (χ2n) is 6.24. The molecule has 4 heteroatoms. The van der Waals surface area contributed by atoms with Crippen LogP contribution in [0.4, 0.5) is 5.69 Å². The average Bonchev–Trinajstić information content (AvgIpc) is 3.11. The molecule has 0 saturated carbocycles. The quantitative estimate of drug-likeness (QED) is 0.701. The minimum Gasteiger partial charge on any atom is -0.308 e. The molecular weight excluding hydrogens is 310 g/mol. The molecule has 0 atom stereocenters. The van der Waals surface area contributed by atoms with Crippen LogP contribution in [0.5, 0.6) is 0 Å². The highest BCUT2D eigenvalue weighted by atomic mass is 16.2. The maximum absolute atomic E-state index is 13.0. The number of rotatable bonds is 5. The number of hydrogen-bond acceptors (Lipinski definition) is 2. The first-order valence-corrected chi connectivity index (χ1v) is 8.54. The zero-order chi connectivity index (χ0) is 17.8. The first-order valence-electron chi connectivity index (χ1n) is 8.54. The number of carbonyl (C=O) groups is 1. The summed E-state index contributed by atoms with van der Waals surface area (Å²) in [6, 6.07) is 15.9. The van der Waals surface area contributed by atoms with Gasteiger partial charge in [-0.15, -0.1) is 0 Å². The van der Waals surface area contributed by atoms with E-state index in [2.05, 4.69) is 18.1 Å². The largest absolute Gasteiger partial charge is 0.308 e. The fourth-order valence-electron chi connectivity index (χ4n) is 3.02. The Morgan fingerprint density at radius 3 is 2.48 bits per heavy atom. The Labute approximate surface area is 148 Å². The number of carbonyl (C=O) groups excluding carboxylic acids is 1. The van der Waals surface area contributed by atoms with Crippen LogP contribution in [0.25, 0.3) is 0 Å². The molecule has 128 valence electrons. The van der Waals surface area contributed by atoms with Gasteiger partial charge >= 0.3 is 0 Å². The molecule has 1 amide bonds. The van der Waals surface area contributed by atoms with Gasteiger partial charge in [0.2, 0.25) is 0 Å². The third kappa shape index (κ3) is 3.79. The van der Waals surface area contributed by atoms with Gasteiger partial charge in [0.05, 0.1) is 6.54 Å². The van der Waals surface area contributed by atoms with Gasteiger partial charge in [0, 0.05) is 30.2 Å². The second kappa shape index (κ2) is 7.34. The Balaban J connectivity index is 1.80. The van der Waals surface area contributed by atoms with Crippen molar-refractivity contribution in [2.75, 3.05) is 11.4 Å². The van der Waals surface area contributed by atoms with E-state index in [1.54, 1.807) is 6.20 Å². The molecule has 0 fully saturated rings. The smallest absolute Gasteiger partial charge is 0.258 e. The summed E-state index contributed by atoms with van der Waals surface area (Å²) in [5.41, 5.74) is 5.11. The molecule has 0 aliphatic rings. The van der Waals surface area contributed by atoms with Crippen molar-refractivity contribution in [3.8, 4) is 0 Å². The van der Waals surface area contributed by atoms with Crippen molar-refractivity contribution in [3.05, 3.63) is 83.2 Å². The standard InChI is InChI=1S/C21H23N3O/c1-4-24(20-11-6-16(2)14-17(20)3)21(25)19-9-7-18(8-10-19)15-23-13-5-12-22-23/h5-14H,4,15H2,1-3H3. The number of amides is 1. The Kier molecular flexibility index (Phi) is 4.98. The number of aryl methyl sites for hydroxylation is 2. The monoisotopic (exact) mass is 333 g/mol. The van der Waals surface area contributed by atoms with Crippen LogP contribution in [0, 0.1) is 13.8 Å². The first-order chi connectivity index (χ1) is 12.1. The van der Waals surface area contributed by atoms with Crippen LogP contribution in [0.1, 0.15) is 34.0 Å². The van der Waals surface area contributed by atoms with Gasteiger partial charge in [-0.05, 0) is 56.2 Å². The second-order valence-corrected chi connectivity index (χ2v) is 6.24. The summed E-state index contributed by atoms with van der Waals surface area (Å²) in [5.74, 6) is 0.0279. The van der Waals surface area contributed by atoms with E-state index in [1.165, 1.54) is 5.56 Å². The number of benzene rings is 2. The van der Waals surface area contributed by atoms with Crippen LogP contribution in [-0.4, -0.2) is 22.2 Å². The topological polar surface area (TPSA) is 38.1 Å². The van der Waals surface area contributed by atoms with Crippen LogP contribution in [0.2, 0.25) is 0 Å². The Hall–Kier alpha value is -2.88. The molecular formula is C21H23N3O. The zero-order valence-corrected chi connectivity index (χ0v) is 14.9. The predicted octanol–water partition coefficient (Wildman–Crippen LogP) is 4.21. The van der Waals surface area contributed by atoms with Crippen molar-refractivity contribution in [3.63, 3.8) is 0 Å². The fourth-order valence-corrected chi connectivity index (χ4v) is 3.02. The summed E-state index contributed by atoms with van der Waals surface area (Å²) in [6.07, 6.45) is 3.69. The molecule has 0 bridgehead atoms. The molecule has 0 aliphatic carbocycles. The Morgan fingerprint density at radius 1 is 1.12 bits per heavy atom. The lowest BCUT2D eigenvalue weighted by atomic mass is 10.1. The summed E-state index contributed by atoms with van der Waals surface area (Å²) < 4.78 is 1.87. The van der Waals surface area contributed by atoms with E-state index in [0.29, 0.717) is 18.7 Å². The summed E-state index contributed by atoms with van der Waals surface area (Å²) in [5, 5.41) is 4.21. The first kappa shape index (κ1) is 17.0. The molecule has 0 N–H and O–H groups in total. The summed E-state index contributed by atoms with van der Waals surface area (Å²) in [7, 11) is 0. The van der Waals surface area contributed by atoms with Crippen molar-refractivity contribution < 1.29 is 4.79 Å². The molecule has 0 aliphatic heterocycles. The van der Waals surface area contributed by atoms with E-state index in [9.17, 15) is 4.79 Å². The summed E-state index contributed by atoms with van der Waals surface area (Å²) >= 11 is 0. The van der Waals surface area contributed by atoms with Crippen LogP contribution >= 0.6 is 0 Å². The highest BCUT2D eigenvalue weighted by Gasteiger charge is 2.17. The lowest BCUT2D eigenvalue weighted by Crippen LogP contribution is -2.31. The predicted molar refractivity (Wildman–Crippen MR) is 101 cm³/mol. The van der Waals surface area contributed by atoms with Crippen molar-refractivity contribution in [1.82, 2.24) is 9.78 Å². The molecule has 25 heavy (non-hydrogen) atoms. The Bertz CT molecular complexity index is 851. The van der Waals surface area contributed by atoms with Crippen molar-refractivity contribution in [1.29, 1.82) is 0 Å². The summed E-state index contributed by atoms with van der Waals surface area (Å²) in [4.78, 5) is 14.8. The third-order valence-electron chi connectivity index (χ3n) is 4.31. The molecule has 4 nitrogen and oxygen atoms in total. The number of aromatic nitrogens is 2. The highest BCUT2D eigenvalue weighted by molar-refractivity contribution is 6.06.